The highest BCUT2D eigenvalue weighted by Crippen LogP contribution is 2.30. The maximum atomic E-state index is 10.0. The van der Waals surface area contributed by atoms with E-state index in [0.717, 1.165) is 5.69 Å². The van der Waals surface area contributed by atoms with Crippen LogP contribution in [0.5, 0.6) is 0 Å². The molecule has 2 aromatic rings. The molecule has 2 unspecified atom stereocenters. The first kappa shape index (κ1) is 14.0. The van der Waals surface area contributed by atoms with Gasteiger partial charge in [0.25, 0.3) is 0 Å². The third-order valence-electron chi connectivity index (χ3n) is 2.95. The van der Waals surface area contributed by atoms with Gasteiger partial charge in [0.05, 0.1) is 17.5 Å². The summed E-state index contributed by atoms with van der Waals surface area (Å²) in [6, 6.07) is 9.34. The zero-order valence-corrected chi connectivity index (χ0v) is 11.2. The molecule has 2 rings (SSSR count). The minimum Gasteiger partial charge on any atom is -0.389 e. The summed E-state index contributed by atoms with van der Waals surface area (Å²) in [5.41, 5.74) is 7.11. The molecule has 0 radical (unpaired) electrons. The van der Waals surface area contributed by atoms with Gasteiger partial charge >= 0.3 is 0 Å². The van der Waals surface area contributed by atoms with Gasteiger partial charge in [0.15, 0.2) is 0 Å². The Hall–Kier alpha value is -1.40. The van der Waals surface area contributed by atoms with Gasteiger partial charge in [-0.2, -0.15) is 5.10 Å². The van der Waals surface area contributed by atoms with Gasteiger partial charge in [0.1, 0.15) is 11.3 Å². The van der Waals surface area contributed by atoms with E-state index in [2.05, 4.69) is 5.10 Å². The Labute approximate surface area is 116 Å². The molecule has 1 aromatic heterocycles. The predicted octanol–water partition coefficient (Wildman–Crippen LogP) is 1.19. The summed E-state index contributed by atoms with van der Waals surface area (Å²) in [6.07, 6.45) is -2.21. The molecular weight excluding hydrogens is 266 g/mol. The molecule has 1 heterocycles. The maximum Gasteiger partial charge on any atom is 0.139 e. The Balaban J connectivity index is 2.46. The van der Waals surface area contributed by atoms with E-state index < -0.39 is 12.2 Å². The minimum absolute atomic E-state index is 0.0482. The molecule has 0 spiro atoms. The summed E-state index contributed by atoms with van der Waals surface area (Å²) in [5, 5.41) is 24.3. The molecule has 0 fully saturated rings. The quantitative estimate of drug-likeness (QED) is 0.786. The third kappa shape index (κ3) is 2.64. The van der Waals surface area contributed by atoms with E-state index in [1.165, 1.54) is 4.68 Å². The molecule has 0 aliphatic rings. The zero-order chi connectivity index (χ0) is 14.0. The second-order valence-corrected chi connectivity index (χ2v) is 4.64. The van der Waals surface area contributed by atoms with Crippen molar-refractivity contribution in [3.63, 3.8) is 0 Å². The Bertz CT molecular complexity index is 557. The topological polar surface area (TPSA) is 84.3 Å². The summed E-state index contributed by atoms with van der Waals surface area (Å²) in [4.78, 5) is 0. The van der Waals surface area contributed by atoms with E-state index in [-0.39, 0.29) is 11.7 Å². The summed E-state index contributed by atoms with van der Waals surface area (Å²) >= 11 is 6.25. The van der Waals surface area contributed by atoms with Gasteiger partial charge in [0, 0.05) is 12.1 Å². The molecular formula is C13H16ClN3O2. The third-order valence-corrected chi connectivity index (χ3v) is 3.31. The van der Waals surface area contributed by atoms with Crippen LogP contribution in [0.15, 0.2) is 30.3 Å². The van der Waals surface area contributed by atoms with Crippen LogP contribution in [0, 0.1) is 6.92 Å². The molecule has 4 N–H and O–H groups in total. The van der Waals surface area contributed by atoms with Crippen LogP contribution in [0.2, 0.25) is 5.15 Å². The molecule has 102 valence electrons. The molecule has 6 heteroatoms. The number of nitrogens with two attached hydrogens (primary N) is 1. The molecule has 1 aromatic carbocycles. The van der Waals surface area contributed by atoms with Crippen molar-refractivity contribution in [2.24, 2.45) is 5.73 Å². The Morgan fingerprint density at radius 3 is 2.53 bits per heavy atom. The first-order valence-corrected chi connectivity index (χ1v) is 6.30. The average molecular weight is 282 g/mol. The number of nitrogens with zero attached hydrogens (tertiary/aromatic N) is 2. The second-order valence-electron chi connectivity index (χ2n) is 4.29. The van der Waals surface area contributed by atoms with Crippen molar-refractivity contribution >= 4 is 11.6 Å². The highest BCUT2D eigenvalue weighted by molar-refractivity contribution is 6.30. The van der Waals surface area contributed by atoms with Crippen molar-refractivity contribution < 1.29 is 10.2 Å². The van der Waals surface area contributed by atoms with Crippen molar-refractivity contribution in [2.45, 2.75) is 19.1 Å². The molecule has 5 nitrogen and oxygen atoms in total. The van der Waals surface area contributed by atoms with Crippen LogP contribution in [0.25, 0.3) is 5.69 Å². The summed E-state index contributed by atoms with van der Waals surface area (Å²) in [5.74, 6) is 0. The molecule has 2 atom stereocenters. The zero-order valence-electron chi connectivity index (χ0n) is 10.5. The lowest BCUT2D eigenvalue weighted by Crippen LogP contribution is -2.27. The van der Waals surface area contributed by atoms with E-state index in [1.807, 2.05) is 30.3 Å². The highest BCUT2D eigenvalue weighted by Gasteiger charge is 2.26. The fourth-order valence-corrected chi connectivity index (χ4v) is 2.29. The fraction of sp³-hybridized carbons (Fsp3) is 0.308. The van der Waals surface area contributed by atoms with Crippen LogP contribution in [0.4, 0.5) is 0 Å². The van der Waals surface area contributed by atoms with E-state index in [9.17, 15) is 10.2 Å². The van der Waals surface area contributed by atoms with E-state index in [1.54, 1.807) is 6.92 Å². The van der Waals surface area contributed by atoms with Gasteiger partial charge in [-0.25, -0.2) is 4.68 Å². The molecule has 0 aliphatic heterocycles. The molecule has 0 amide bonds. The lowest BCUT2D eigenvalue weighted by Gasteiger charge is -2.16. The number of aromatic nitrogens is 2. The number of benzene rings is 1. The Morgan fingerprint density at radius 1 is 1.32 bits per heavy atom. The maximum absolute atomic E-state index is 10.0. The van der Waals surface area contributed by atoms with Gasteiger partial charge in [-0.1, -0.05) is 29.8 Å². The number of aliphatic hydroxyl groups is 2. The number of rotatable bonds is 4. The van der Waals surface area contributed by atoms with Crippen LogP contribution in [-0.2, 0) is 0 Å². The lowest BCUT2D eigenvalue weighted by molar-refractivity contribution is 0.0240. The monoisotopic (exact) mass is 281 g/mol. The first-order chi connectivity index (χ1) is 9.06. The standard InChI is InChI=1S/C13H16ClN3O2/c1-8-11(12(19)10(18)7-15)13(14)17(16-8)9-5-3-2-4-6-9/h2-6,10,12,18-19H,7,15H2,1H3. The SMILES string of the molecule is Cc1nn(-c2ccccc2)c(Cl)c1C(O)C(O)CN. The van der Waals surface area contributed by atoms with Gasteiger partial charge in [0.2, 0.25) is 0 Å². The summed E-state index contributed by atoms with van der Waals surface area (Å²) in [6.45, 7) is 1.68. The van der Waals surface area contributed by atoms with E-state index in [4.69, 9.17) is 17.3 Å². The number of aryl methyl sites for hydroxylation is 1. The number of para-hydroxylation sites is 1. The number of hydrogen-bond acceptors (Lipinski definition) is 4. The van der Waals surface area contributed by atoms with Crippen LogP contribution >= 0.6 is 11.6 Å². The van der Waals surface area contributed by atoms with E-state index in [0.29, 0.717) is 11.3 Å². The number of aliphatic hydroxyl groups excluding tert-OH is 2. The van der Waals surface area contributed by atoms with Crippen molar-refractivity contribution in [3.8, 4) is 5.69 Å². The van der Waals surface area contributed by atoms with Crippen molar-refractivity contribution in [1.82, 2.24) is 9.78 Å². The molecule has 19 heavy (non-hydrogen) atoms. The minimum atomic E-state index is -1.14. The van der Waals surface area contributed by atoms with E-state index >= 15 is 0 Å². The predicted molar refractivity (Wildman–Crippen MR) is 73.3 cm³/mol. The molecule has 0 saturated heterocycles. The van der Waals surface area contributed by atoms with Crippen molar-refractivity contribution in [2.75, 3.05) is 6.54 Å². The highest BCUT2D eigenvalue weighted by atomic mass is 35.5. The summed E-state index contributed by atoms with van der Waals surface area (Å²) in [7, 11) is 0. The second kappa shape index (κ2) is 5.71. The van der Waals surface area contributed by atoms with Gasteiger partial charge in [-0.3, -0.25) is 0 Å². The molecule has 0 aliphatic carbocycles. The fourth-order valence-electron chi connectivity index (χ4n) is 1.91. The van der Waals surface area contributed by atoms with Crippen molar-refractivity contribution in [3.05, 3.63) is 46.7 Å². The van der Waals surface area contributed by atoms with Crippen LogP contribution in [0.3, 0.4) is 0 Å². The van der Waals surface area contributed by atoms with Crippen LogP contribution in [-0.4, -0.2) is 32.6 Å². The largest absolute Gasteiger partial charge is 0.389 e. The summed E-state index contributed by atoms with van der Waals surface area (Å²) < 4.78 is 1.53. The molecule has 0 saturated carbocycles. The van der Waals surface area contributed by atoms with Gasteiger partial charge < -0.3 is 15.9 Å². The van der Waals surface area contributed by atoms with Crippen LogP contribution in [0.1, 0.15) is 17.4 Å². The lowest BCUT2D eigenvalue weighted by atomic mass is 10.1. The first-order valence-electron chi connectivity index (χ1n) is 5.93. The Kier molecular flexibility index (Phi) is 4.21. The normalized spacial score (nSPS) is 14.4. The van der Waals surface area contributed by atoms with Crippen molar-refractivity contribution in [1.29, 1.82) is 0 Å². The Morgan fingerprint density at radius 2 is 1.95 bits per heavy atom. The van der Waals surface area contributed by atoms with Crippen LogP contribution < -0.4 is 5.73 Å². The smallest absolute Gasteiger partial charge is 0.139 e. The number of hydrogen-bond donors (Lipinski definition) is 3. The van der Waals surface area contributed by atoms with Gasteiger partial charge in [-0.15, -0.1) is 0 Å². The average Bonchev–Trinajstić information content (AvgIpc) is 2.73. The molecule has 0 bridgehead atoms. The number of halogens is 1. The van der Waals surface area contributed by atoms with Gasteiger partial charge in [-0.05, 0) is 19.1 Å².